The molecule has 0 bridgehead atoms. The van der Waals surface area contributed by atoms with Crippen molar-refractivity contribution >= 4 is 23.0 Å². The molecule has 2 N–H and O–H groups in total. The molecule has 0 saturated carbocycles. The van der Waals surface area contributed by atoms with Crippen molar-refractivity contribution in [2.45, 2.75) is 6.54 Å². The molecule has 0 saturated heterocycles. The van der Waals surface area contributed by atoms with Gasteiger partial charge in [-0.3, -0.25) is 14.0 Å². The molecule has 0 fully saturated rings. The van der Waals surface area contributed by atoms with Crippen LogP contribution in [-0.4, -0.2) is 28.3 Å². The molecular formula is C21H18N4O4. The highest BCUT2D eigenvalue weighted by Gasteiger charge is 2.21. The zero-order chi connectivity index (χ0) is 20.2. The molecule has 8 heteroatoms. The summed E-state index contributed by atoms with van der Waals surface area (Å²) in [5.41, 5.74) is 1.25. The molecular weight excluding hydrogens is 372 g/mol. The Bertz CT molecular complexity index is 1160. The number of hydrogen-bond acceptors (Lipinski definition) is 5. The normalized spacial score (nSPS) is 10.7. The molecule has 146 valence electrons. The van der Waals surface area contributed by atoms with Crippen molar-refractivity contribution in [3.05, 3.63) is 84.3 Å². The van der Waals surface area contributed by atoms with Gasteiger partial charge in [-0.1, -0.05) is 12.1 Å². The molecule has 3 aromatic heterocycles. The third kappa shape index (κ3) is 3.81. The first-order valence-corrected chi connectivity index (χ1v) is 8.89. The van der Waals surface area contributed by atoms with E-state index in [0.29, 0.717) is 22.7 Å². The Balaban J connectivity index is 1.61. The molecule has 0 atom stereocenters. The lowest BCUT2D eigenvalue weighted by Crippen LogP contribution is -2.23. The number of methoxy groups -OCH3 is 1. The average molecular weight is 390 g/mol. The second-order valence-electron chi connectivity index (χ2n) is 6.19. The lowest BCUT2D eigenvalue weighted by Gasteiger charge is -2.06. The number of anilines is 1. The average Bonchev–Trinajstić information content (AvgIpc) is 3.40. The Kier molecular flexibility index (Phi) is 4.98. The molecule has 0 radical (unpaired) electrons. The highest BCUT2D eigenvalue weighted by molar-refractivity contribution is 6.06. The van der Waals surface area contributed by atoms with Crippen LogP contribution in [0.2, 0.25) is 0 Å². The first-order valence-electron chi connectivity index (χ1n) is 8.89. The third-order valence-corrected chi connectivity index (χ3v) is 4.30. The molecule has 8 nitrogen and oxygen atoms in total. The second-order valence-corrected chi connectivity index (χ2v) is 6.19. The predicted octanol–water partition coefficient (Wildman–Crippen LogP) is 3.12. The Labute approximate surface area is 166 Å². The fourth-order valence-electron chi connectivity index (χ4n) is 2.92. The third-order valence-electron chi connectivity index (χ3n) is 4.30. The quantitative estimate of drug-likeness (QED) is 0.527. The molecule has 2 amide bonds. The van der Waals surface area contributed by atoms with E-state index in [-0.39, 0.29) is 18.1 Å². The van der Waals surface area contributed by atoms with Crippen molar-refractivity contribution < 1.29 is 18.7 Å². The first kappa shape index (κ1) is 18.3. The summed E-state index contributed by atoms with van der Waals surface area (Å²) in [6.07, 6.45) is 3.22. The number of rotatable bonds is 6. The predicted molar refractivity (Wildman–Crippen MR) is 106 cm³/mol. The standard InChI is InChI=1S/C21H18N4O4/c1-28-15-7-4-6-14(12-15)23-21(27)19-24-18(17-9-2-3-10-25(17)19)20(26)22-13-16-8-5-11-29-16/h2-12H,13H2,1H3,(H,22,26)(H,23,27). The maximum absolute atomic E-state index is 12.8. The number of ether oxygens (including phenoxy) is 1. The molecule has 1 aromatic carbocycles. The van der Waals surface area contributed by atoms with Crippen LogP contribution in [0.15, 0.2) is 71.5 Å². The number of pyridine rings is 1. The summed E-state index contributed by atoms with van der Waals surface area (Å²) in [6.45, 7) is 0.225. The van der Waals surface area contributed by atoms with Gasteiger partial charge < -0.3 is 19.8 Å². The van der Waals surface area contributed by atoms with E-state index in [0.717, 1.165) is 0 Å². The number of fused-ring (bicyclic) bond motifs is 1. The summed E-state index contributed by atoms with van der Waals surface area (Å²) >= 11 is 0. The highest BCUT2D eigenvalue weighted by atomic mass is 16.5. The number of aromatic nitrogens is 2. The summed E-state index contributed by atoms with van der Waals surface area (Å²) in [5, 5.41) is 5.54. The van der Waals surface area contributed by atoms with Gasteiger partial charge in [0.1, 0.15) is 11.5 Å². The minimum atomic E-state index is -0.440. The van der Waals surface area contributed by atoms with Crippen LogP contribution in [0.1, 0.15) is 26.9 Å². The number of hydrogen-bond donors (Lipinski definition) is 2. The van der Waals surface area contributed by atoms with Crippen LogP contribution in [0.5, 0.6) is 5.75 Å². The Morgan fingerprint density at radius 3 is 2.79 bits per heavy atom. The van der Waals surface area contributed by atoms with E-state index in [1.165, 1.54) is 6.26 Å². The molecule has 0 aliphatic heterocycles. The zero-order valence-electron chi connectivity index (χ0n) is 15.6. The number of nitrogens with one attached hydrogen (secondary N) is 2. The maximum atomic E-state index is 12.8. The van der Waals surface area contributed by atoms with E-state index in [9.17, 15) is 9.59 Å². The molecule has 3 heterocycles. The van der Waals surface area contributed by atoms with E-state index in [1.54, 1.807) is 72.3 Å². The Morgan fingerprint density at radius 2 is 2.00 bits per heavy atom. The fourth-order valence-corrected chi connectivity index (χ4v) is 2.92. The van der Waals surface area contributed by atoms with Crippen LogP contribution in [0, 0.1) is 0 Å². The molecule has 0 aliphatic carbocycles. The topological polar surface area (TPSA) is 97.9 Å². The van der Waals surface area contributed by atoms with Crippen molar-refractivity contribution in [2.24, 2.45) is 0 Å². The smallest absolute Gasteiger partial charge is 0.292 e. The SMILES string of the molecule is COc1cccc(NC(=O)c2nc(C(=O)NCc3ccco3)c3ccccn23)c1. The molecule has 29 heavy (non-hydrogen) atoms. The van der Waals surface area contributed by atoms with Gasteiger partial charge >= 0.3 is 0 Å². The highest BCUT2D eigenvalue weighted by Crippen LogP contribution is 2.19. The Hall–Kier alpha value is -4.07. The lowest BCUT2D eigenvalue weighted by molar-refractivity contribution is 0.0945. The van der Waals surface area contributed by atoms with Gasteiger partial charge in [0.15, 0.2) is 5.69 Å². The largest absolute Gasteiger partial charge is 0.497 e. The summed E-state index contributed by atoms with van der Waals surface area (Å²) < 4.78 is 12.0. The van der Waals surface area contributed by atoms with Crippen LogP contribution in [0.25, 0.3) is 5.52 Å². The first-order chi connectivity index (χ1) is 14.2. The number of benzene rings is 1. The summed E-state index contributed by atoms with van der Waals surface area (Å²) in [4.78, 5) is 29.8. The van der Waals surface area contributed by atoms with Crippen LogP contribution < -0.4 is 15.4 Å². The van der Waals surface area contributed by atoms with Crippen molar-refractivity contribution in [1.29, 1.82) is 0 Å². The monoisotopic (exact) mass is 390 g/mol. The van der Waals surface area contributed by atoms with E-state index in [1.807, 2.05) is 0 Å². The van der Waals surface area contributed by atoms with E-state index >= 15 is 0 Å². The van der Waals surface area contributed by atoms with E-state index in [4.69, 9.17) is 9.15 Å². The number of amides is 2. The van der Waals surface area contributed by atoms with Crippen molar-refractivity contribution in [3.63, 3.8) is 0 Å². The maximum Gasteiger partial charge on any atom is 0.292 e. The zero-order valence-corrected chi connectivity index (χ0v) is 15.6. The summed E-state index contributed by atoms with van der Waals surface area (Å²) in [6, 6.07) is 15.8. The van der Waals surface area contributed by atoms with Gasteiger partial charge in [0.05, 0.1) is 25.4 Å². The van der Waals surface area contributed by atoms with Gasteiger partial charge in [-0.15, -0.1) is 0 Å². The number of imidazole rings is 1. The summed E-state index contributed by atoms with van der Waals surface area (Å²) in [5.74, 6) is 0.508. The minimum absolute atomic E-state index is 0.103. The number of nitrogens with zero attached hydrogens (tertiary/aromatic N) is 2. The molecule has 4 rings (SSSR count). The fraction of sp³-hybridized carbons (Fsp3) is 0.0952. The van der Waals surface area contributed by atoms with Gasteiger partial charge in [-0.05, 0) is 36.4 Å². The van der Waals surface area contributed by atoms with Crippen LogP contribution >= 0.6 is 0 Å². The van der Waals surface area contributed by atoms with Gasteiger partial charge in [-0.25, -0.2) is 4.98 Å². The van der Waals surface area contributed by atoms with Gasteiger partial charge in [0.25, 0.3) is 11.8 Å². The number of carbonyl (C=O) groups is 2. The van der Waals surface area contributed by atoms with E-state index < -0.39 is 11.8 Å². The lowest BCUT2D eigenvalue weighted by atomic mass is 10.3. The van der Waals surface area contributed by atoms with Crippen LogP contribution in [0.4, 0.5) is 5.69 Å². The van der Waals surface area contributed by atoms with Crippen molar-refractivity contribution in [3.8, 4) is 5.75 Å². The van der Waals surface area contributed by atoms with Crippen LogP contribution in [0.3, 0.4) is 0 Å². The number of carbonyl (C=O) groups excluding carboxylic acids is 2. The number of furan rings is 1. The van der Waals surface area contributed by atoms with Gasteiger partial charge in [0.2, 0.25) is 5.82 Å². The second kappa shape index (κ2) is 7.89. The molecule has 4 aromatic rings. The van der Waals surface area contributed by atoms with Crippen molar-refractivity contribution in [2.75, 3.05) is 12.4 Å². The van der Waals surface area contributed by atoms with Crippen molar-refractivity contribution in [1.82, 2.24) is 14.7 Å². The minimum Gasteiger partial charge on any atom is -0.497 e. The van der Waals surface area contributed by atoms with Crippen LogP contribution in [-0.2, 0) is 6.54 Å². The van der Waals surface area contributed by atoms with Gasteiger partial charge in [0, 0.05) is 18.0 Å². The van der Waals surface area contributed by atoms with E-state index in [2.05, 4.69) is 15.6 Å². The van der Waals surface area contributed by atoms with Gasteiger partial charge in [-0.2, -0.15) is 0 Å². The molecule has 0 aliphatic rings. The molecule has 0 unspecified atom stereocenters. The molecule has 0 spiro atoms. The Morgan fingerprint density at radius 1 is 1.10 bits per heavy atom. The summed E-state index contributed by atoms with van der Waals surface area (Å²) in [7, 11) is 1.55.